The minimum absolute atomic E-state index is 0.182. The molecule has 2 rings (SSSR count). The summed E-state index contributed by atoms with van der Waals surface area (Å²) in [6.07, 6.45) is 0. The molecule has 0 aliphatic rings. The molecule has 0 fully saturated rings. The largest absolute Gasteiger partial charge is 0.271 e. The van der Waals surface area contributed by atoms with E-state index in [4.69, 9.17) is 40.6 Å². The highest BCUT2D eigenvalue weighted by atomic mass is 35.5. The number of hydrogen-bond donors (Lipinski definition) is 2. The number of nitrogens with two attached hydrogens (primary N) is 1. The summed E-state index contributed by atoms with van der Waals surface area (Å²) in [5.41, 5.74) is 4.63. The zero-order valence-electron chi connectivity index (χ0n) is 9.33. The molecule has 0 saturated carbocycles. The first-order chi connectivity index (χ1) is 8.60. The molecule has 0 saturated heterocycles. The number of rotatable bonds is 3. The second-order valence-electron chi connectivity index (χ2n) is 3.85. The fraction of sp³-hybridized carbons (Fsp3) is 0.0769. The van der Waals surface area contributed by atoms with Crippen molar-refractivity contribution >= 4 is 34.8 Å². The van der Waals surface area contributed by atoms with Crippen LogP contribution in [0.3, 0.4) is 0 Å². The molecular formula is C13H11Cl3N2. The molecule has 18 heavy (non-hydrogen) atoms. The molecule has 0 amide bonds. The number of hydrazine groups is 1. The molecule has 94 valence electrons. The van der Waals surface area contributed by atoms with Crippen molar-refractivity contribution in [1.29, 1.82) is 0 Å². The zero-order chi connectivity index (χ0) is 13.1. The highest BCUT2D eigenvalue weighted by molar-refractivity contribution is 6.34. The Balaban J connectivity index is 2.41. The van der Waals surface area contributed by atoms with Crippen LogP contribution in [0.15, 0.2) is 42.5 Å². The molecule has 0 aromatic heterocycles. The summed E-state index contributed by atoms with van der Waals surface area (Å²) in [4.78, 5) is 0. The van der Waals surface area contributed by atoms with Crippen molar-refractivity contribution in [1.82, 2.24) is 5.43 Å². The normalized spacial score (nSPS) is 12.4. The average Bonchev–Trinajstić information content (AvgIpc) is 2.31. The van der Waals surface area contributed by atoms with Crippen LogP contribution in [0.5, 0.6) is 0 Å². The number of benzene rings is 2. The fourth-order valence-corrected chi connectivity index (χ4v) is 2.45. The maximum atomic E-state index is 5.99. The maximum Gasteiger partial charge on any atom is 0.0711 e. The molecule has 0 aliphatic carbocycles. The van der Waals surface area contributed by atoms with Crippen molar-refractivity contribution in [2.75, 3.05) is 0 Å². The number of nitrogens with one attached hydrogen (secondary N) is 1. The van der Waals surface area contributed by atoms with Crippen molar-refractivity contribution < 1.29 is 0 Å². The van der Waals surface area contributed by atoms with Crippen LogP contribution in [-0.2, 0) is 0 Å². The van der Waals surface area contributed by atoms with Gasteiger partial charge in [-0.1, -0.05) is 46.9 Å². The van der Waals surface area contributed by atoms with Gasteiger partial charge in [-0.2, -0.15) is 0 Å². The lowest BCUT2D eigenvalue weighted by atomic mass is 9.99. The third kappa shape index (κ3) is 3.16. The molecule has 0 bridgehead atoms. The van der Waals surface area contributed by atoms with Gasteiger partial charge in [0.15, 0.2) is 0 Å². The van der Waals surface area contributed by atoms with E-state index in [1.54, 1.807) is 6.07 Å². The lowest BCUT2D eigenvalue weighted by Gasteiger charge is -2.17. The summed E-state index contributed by atoms with van der Waals surface area (Å²) in [5, 5.41) is 1.83. The predicted octanol–water partition coefficient (Wildman–Crippen LogP) is 4.20. The third-order valence-electron chi connectivity index (χ3n) is 2.59. The van der Waals surface area contributed by atoms with E-state index in [0.717, 1.165) is 11.1 Å². The summed E-state index contributed by atoms with van der Waals surface area (Å²) in [6.45, 7) is 0. The van der Waals surface area contributed by atoms with Gasteiger partial charge in [0.25, 0.3) is 0 Å². The van der Waals surface area contributed by atoms with Crippen LogP contribution in [-0.4, -0.2) is 0 Å². The SMILES string of the molecule is NNC(c1ccc(Cl)cc1)c1cc(Cl)cc(Cl)c1. The Hall–Kier alpha value is -0.770. The van der Waals surface area contributed by atoms with E-state index in [-0.39, 0.29) is 6.04 Å². The van der Waals surface area contributed by atoms with E-state index >= 15 is 0 Å². The standard InChI is InChI=1S/C13H11Cl3N2/c14-10-3-1-8(2-4-10)13(18-17)9-5-11(15)7-12(16)6-9/h1-7,13,18H,17H2. The monoisotopic (exact) mass is 300 g/mol. The molecular weight excluding hydrogens is 291 g/mol. The van der Waals surface area contributed by atoms with Gasteiger partial charge in [0.2, 0.25) is 0 Å². The van der Waals surface area contributed by atoms with Gasteiger partial charge in [-0.3, -0.25) is 5.84 Å². The van der Waals surface area contributed by atoms with Gasteiger partial charge in [-0.25, -0.2) is 5.43 Å². The van der Waals surface area contributed by atoms with Crippen molar-refractivity contribution in [3.8, 4) is 0 Å². The highest BCUT2D eigenvalue weighted by Gasteiger charge is 2.13. The van der Waals surface area contributed by atoms with Gasteiger partial charge in [-0.05, 0) is 41.5 Å². The van der Waals surface area contributed by atoms with Crippen LogP contribution >= 0.6 is 34.8 Å². The quantitative estimate of drug-likeness (QED) is 0.658. The Labute approximate surface area is 121 Å². The lowest BCUT2D eigenvalue weighted by molar-refractivity contribution is 0.637. The molecule has 2 aromatic rings. The van der Waals surface area contributed by atoms with Crippen molar-refractivity contribution in [3.63, 3.8) is 0 Å². The van der Waals surface area contributed by atoms with Crippen molar-refractivity contribution in [3.05, 3.63) is 68.7 Å². The minimum atomic E-state index is -0.182. The Morgan fingerprint density at radius 2 is 1.33 bits per heavy atom. The fourth-order valence-electron chi connectivity index (χ4n) is 1.78. The predicted molar refractivity (Wildman–Crippen MR) is 77.1 cm³/mol. The first-order valence-corrected chi connectivity index (χ1v) is 6.41. The van der Waals surface area contributed by atoms with Gasteiger partial charge in [-0.15, -0.1) is 0 Å². The van der Waals surface area contributed by atoms with Crippen LogP contribution in [0.1, 0.15) is 17.2 Å². The summed E-state index contributed by atoms with van der Waals surface area (Å²) >= 11 is 17.8. The van der Waals surface area contributed by atoms with E-state index in [1.807, 2.05) is 36.4 Å². The molecule has 2 nitrogen and oxygen atoms in total. The van der Waals surface area contributed by atoms with Crippen LogP contribution in [0.4, 0.5) is 0 Å². The second-order valence-corrected chi connectivity index (χ2v) is 5.16. The van der Waals surface area contributed by atoms with Crippen molar-refractivity contribution in [2.24, 2.45) is 5.84 Å². The van der Waals surface area contributed by atoms with Gasteiger partial charge in [0.05, 0.1) is 6.04 Å². The van der Waals surface area contributed by atoms with Gasteiger partial charge in [0.1, 0.15) is 0 Å². The topological polar surface area (TPSA) is 38.0 Å². The van der Waals surface area contributed by atoms with Crippen LogP contribution in [0.25, 0.3) is 0 Å². The Kier molecular flexibility index (Phi) is 4.49. The Morgan fingerprint density at radius 3 is 1.83 bits per heavy atom. The molecule has 0 spiro atoms. The van der Waals surface area contributed by atoms with E-state index in [0.29, 0.717) is 15.1 Å². The van der Waals surface area contributed by atoms with Crippen LogP contribution in [0.2, 0.25) is 15.1 Å². The molecule has 3 N–H and O–H groups in total. The van der Waals surface area contributed by atoms with Crippen molar-refractivity contribution in [2.45, 2.75) is 6.04 Å². The van der Waals surface area contributed by atoms with Crippen LogP contribution < -0.4 is 11.3 Å². The molecule has 2 aromatic carbocycles. The summed E-state index contributed by atoms with van der Waals surface area (Å²) < 4.78 is 0. The smallest absolute Gasteiger partial charge is 0.0711 e. The second kappa shape index (κ2) is 5.91. The third-order valence-corrected chi connectivity index (χ3v) is 3.28. The van der Waals surface area contributed by atoms with Crippen LogP contribution in [0, 0.1) is 0 Å². The summed E-state index contributed by atoms with van der Waals surface area (Å²) in [6, 6.07) is 12.6. The Morgan fingerprint density at radius 1 is 0.778 bits per heavy atom. The first-order valence-electron chi connectivity index (χ1n) is 5.28. The molecule has 0 aliphatic heterocycles. The first kappa shape index (κ1) is 13.7. The van der Waals surface area contributed by atoms with Gasteiger partial charge < -0.3 is 0 Å². The van der Waals surface area contributed by atoms with Gasteiger partial charge in [0, 0.05) is 15.1 Å². The van der Waals surface area contributed by atoms with Gasteiger partial charge >= 0.3 is 0 Å². The maximum absolute atomic E-state index is 5.99. The molecule has 0 heterocycles. The zero-order valence-corrected chi connectivity index (χ0v) is 11.6. The number of halogens is 3. The highest BCUT2D eigenvalue weighted by Crippen LogP contribution is 2.28. The molecule has 0 radical (unpaired) electrons. The van der Waals surface area contributed by atoms with E-state index in [9.17, 15) is 0 Å². The van der Waals surface area contributed by atoms with E-state index in [2.05, 4.69) is 5.43 Å². The summed E-state index contributed by atoms with van der Waals surface area (Å²) in [5.74, 6) is 5.61. The number of hydrogen-bond acceptors (Lipinski definition) is 2. The lowest BCUT2D eigenvalue weighted by Crippen LogP contribution is -2.28. The Bertz CT molecular complexity index is 520. The van der Waals surface area contributed by atoms with E-state index < -0.39 is 0 Å². The van der Waals surface area contributed by atoms with E-state index in [1.165, 1.54) is 0 Å². The molecule has 5 heteroatoms. The minimum Gasteiger partial charge on any atom is -0.271 e. The summed E-state index contributed by atoms with van der Waals surface area (Å²) in [7, 11) is 0. The molecule has 1 atom stereocenters. The molecule has 1 unspecified atom stereocenters. The average molecular weight is 302 g/mol.